The lowest BCUT2D eigenvalue weighted by atomic mass is 10.1. The molecule has 3 rings (SSSR count). The first-order valence-electron chi connectivity index (χ1n) is 10.7. The Balaban J connectivity index is 1.66. The van der Waals surface area contributed by atoms with Crippen molar-refractivity contribution in [2.45, 2.75) is 39.5 Å². The Morgan fingerprint density at radius 3 is 2.61 bits per heavy atom. The maximum absolute atomic E-state index is 12.6. The van der Waals surface area contributed by atoms with Crippen LogP contribution in [0.15, 0.2) is 48.5 Å². The summed E-state index contributed by atoms with van der Waals surface area (Å²) in [6.07, 6.45) is 3.71. The van der Waals surface area contributed by atoms with Crippen LogP contribution in [0.25, 0.3) is 6.08 Å². The number of anilines is 1. The third-order valence-electron chi connectivity index (χ3n) is 5.08. The Bertz CT molecular complexity index is 902. The molecule has 1 saturated heterocycles. The highest BCUT2D eigenvalue weighted by Gasteiger charge is 2.22. The van der Waals surface area contributed by atoms with Gasteiger partial charge >= 0.3 is 0 Å². The summed E-state index contributed by atoms with van der Waals surface area (Å²) in [6, 6.07) is 13.5. The highest BCUT2D eigenvalue weighted by molar-refractivity contribution is 6.02. The van der Waals surface area contributed by atoms with E-state index in [-0.39, 0.29) is 18.1 Å². The lowest BCUT2D eigenvalue weighted by Crippen LogP contribution is -2.44. The number of carbonyl (C=O) groups excluding carboxylic acids is 1. The third-order valence-corrected chi connectivity index (χ3v) is 5.08. The number of rotatable bonds is 8. The van der Waals surface area contributed by atoms with Crippen molar-refractivity contribution < 1.29 is 19.0 Å². The molecule has 2 aromatic rings. The van der Waals surface area contributed by atoms with E-state index in [0.29, 0.717) is 18.1 Å². The largest absolute Gasteiger partial charge is 0.493 e. The highest BCUT2D eigenvalue weighted by Crippen LogP contribution is 2.28. The monoisotopic (exact) mass is 424 g/mol. The molecule has 0 aliphatic carbocycles. The number of hydrogen-bond donors (Lipinski definition) is 1. The molecule has 1 aliphatic heterocycles. The average Bonchev–Trinajstić information content (AvgIpc) is 2.74. The molecule has 2 unspecified atom stereocenters. The summed E-state index contributed by atoms with van der Waals surface area (Å²) in [4.78, 5) is 14.9. The zero-order valence-electron chi connectivity index (χ0n) is 18.8. The second kappa shape index (κ2) is 11.0. The number of hydrogen-bond acceptors (Lipinski definition) is 5. The van der Waals surface area contributed by atoms with Crippen molar-refractivity contribution in [1.82, 2.24) is 4.90 Å². The quantitative estimate of drug-likeness (QED) is 0.638. The van der Waals surface area contributed by atoms with Crippen LogP contribution in [0.1, 0.15) is 31.9 Å². The summed E-state index contributed by atoms with van der Waals surface area (Å²) >= 11 is 0. The predicted molar refractivity (Wildman–Crippen MR) is 124 cm³/mol. The van der Waals surface area contributed by atoms with Crippen molar-refractivity contribution >= 4 is 17.7 Å². The van der Waals surface area contributed by atoms with Crippen LogP contribution in [-0.2, 0) is 16.1 Å². The van der Waals surface area contributed by atoms with Gasteiger partial charge in [-0.3, -0.25) is 9.69 Å². The number of methoxy groups -OCH3 is 1. The van der Waals surface area contributed by atoms with Crippen LogP contribution in [0, 0.1) is 0 Å². The summed E-state index contributed by atoms with van der Waals surface area (Å²) < 4.78 is 16.7. The molecule has 0 spiro atoms. The van der Waals surface area contributed by atoms with Gasteiger partial charge in [-0.15, -0.1) is 0 Å². The number of amides is 1. The molecule has 6 heteroatoms. The molecule has 1 aliphatic rings. The number of nitrogens with one attached hydrogen (secondary N) is 1. The molecule has 0 bridgehead atoms. The van der Waals surface area contributed by atoms with Gasteiger partial charge in [-0.05, 0) is 56.2 Å². The van der Waals surface area contributed by atoms with Crippen LogP contribution in [0.4, 0.5) is 5.69 Å². The Hall–Kier alpha value is -2.83. The summed E-state index contributed by atoms with van der Waals surface area (Å²) in [5.41, 5.74) is 2.78. The molecule has 0 saturated carbocycles. The van der Waals surface area contributed by atoms with E-state index in [1.165, 1.54) is 6.08 Å². The Kier molecular flexibility index (Phi) is 8.09. The molecule has 0 radical (unpaired) electrons. The average molecular weight is 425 g/mol. The number of carbonyl (C=O) groups is 1. The first-order valence-corrected chi connectivity index (χ1v) is 10.7. The molecule has 1 heterocycles. The van der Waals surface area contributed by atoms with E-state index in [1.807, 2.05) is 43.3 Å². The zero-order valence-corrected chi connectivity index (χ0v) is 18.8. The van der Waals surface area contributed by atoms with E-state index in [1.54, 1.807) is 13.2 Å². The predicted octanol–water partition coefficient (Wildman–Crippen LogP) is 4.36. The fraction of sp³-hybridized carbons (Fsp3) is 0.400. The van der Waals surface area contributed by atoms with Gasteiger partial charge in [0.15, 0.2) is 11.5 Å². The van der Waals surface area contributed by atoms with Crippen molar-refractivity contribution in [3.8, 4) is 11.5 Å². The minimum atomic E-state index is -0.177. The standard InChI is InChI=1S/C25H32N2O4/c1-5-30-23-12-10-20(14-24(23)29-4)11-13-25(28)26-22-9-7-6-8-21(22)17-27-15-18(2)31-19(3)16-27/h6-14,18-19H,5,15-17H2,1-4H3,(H,26,28)/b13-11+. The Labute approximate surface area is 184 Å². The smallest absolute Gasteiger partial charge is 0.248 e. The Morgan fingerprint density at radius 2 is 1.90 bits per heavy atom. The van der Waals surface area contributed by atoms with Gasteiger partial charge in [0.25, 0.3) is 0 Å². The highest BCUT2D eigenvalue weighted by atomic mass is 16.5. The molecule has 1 amide bonds. The summed E-state index contributed by atoms with van der Waals surface area (Å²) in [5.74, 6) is 1.15. The van der Waals surface area contributed by atoms with Crippen LogP contribution in [0.5, 0.6) is 11.5 Å². The van der Waals surface area contributed by atoms with E-state index in [4.69, 9.17) is 14.2 Å². The molecule has 1 N–H and O–H groups in total. The minimum Gasteiger partial charge on any atom is -0.493 e. The lowest BCUT2D eigenvalue weighted by Gasteiger charge is -2.35. The van der Waals surface area contributed by atoms with Gasteiger partial charge in [-0.1, -0.05) is 24.3 Å². The number of ether oxygens (including phenoxy) is 3. The molecule has 2 atom stereocenters. The first kappa shape index (κ1) is 22.8. The van der Waals surface area contributed by atoms with Crippen molar-refractivity contribution in [2.75, 3.05) is 32.1 Å². The summed E-state index contributed by atoms with van der Waals surface area (Å²) in [5, 5.41) is 3.01. The van der Waals surface area contributed by atoms with E-state index < -0.39 is 0 Å². The van der Waals surface area contributed by atoms with Gasteiger partial charge in [-0.2, -0.15) is 0 Å². The molecule has 0 aromatic heterocycles. The van der Waals surface area contributed by atoms with Crippen LogP contribution >= 0.6 is 0 Å². The number of para-hydroxylation sites is 1. The van der Waals surface area contributed by atoms with Crippen LogP contribution in [0.2, 0.25) is 0 Å². The minimum absolute atomic E-state index is 0.177. The van der Waals surface area contributed by atoms with Gasteiger partial charge in [-0.25, -0.2) is 0 Å². The molecule has 1 fully saturated rings. The van der Waals surface area contributed by atoms with E-state index in [2.05, 4.69) is 30.1 Å². The maximum atomic E-state index is 12.6. The first-order chi connectivity index (χ1) is 15.0. The van der Waals surface area contributed by atoms with Crippen LogP contribution in [-0.4, -0.2) is 49.8 Å². The van der Waals surface area contributed by atoms with Gasteiger partial charge < -0.3 is 19.5 Å². The fourth-order valence-corrected chi connectivity index (χ4v) is 3.84. The van der Waals surface area contributed by atoms with Gasteiger partial charge in [0.1, 0.15) is 0 Å². The van der Waals surface area contributed by atoms with Crippen LogP contribution < -0.4 is 14.8 Å². The van der Waals surface area contributed by atoms with Crippen molar-refractivity contribution in [3.63, 3.8) is 0 Å². The maximum Gasteiger partial charge on any atom is 0.248 e. The molecular weight excluding hydrogens is 392 g/mol. The number of benzene rings is 2. The molecule has 6 nitrogen and oxygen atoms in total. The topological polar surface area (TPSA) is 60.0 Å². The normalized spacial score (nSPS) is 19.4. The number of morpholine rings is 1. The van der Waals surface area contributed by atoms with E-state index in [9.17, 15) is 4.79 Å². The van der Waals surface area contributed by atoms with Crippen molar-refractivity contribution in [3.05, 3.63) is 59.7 Å². The van der Waals surface area contributed by atoms with E-state index in [0.717, 1.165) is 36.4 Å². The molecule has 31 heavy (non-hydrogen) atoms. The Morgan fingerprint density at radius 1 is 1.16 bits per heavy atom. The van der Waals surface area contributed by atoms with Gasteiger partial charge in [0.05, 0.1) is 25.9 Å². The van der Waals surface area contributed by atoms with E-state index >= 15 is 0 Å². The molecule has 2 aromatic carbocycles. The summed E-state index contributed by atoms with van der Waals surface area (Å²) in [6.45, 7) is 9.21. The van der Waals surface area contributed by atoms with Crippen LogP contribution in [0.3, 0.4) is 0 Å². The lowest BCUT2D eigenvalue weighted by molar-refractivity contribution is -0.111. The zero-order chi connectivity index (χ0) is 22.2. The SMILES string of the molecule is CCOc1ccc(/C=C/C(=O)Nc2ccccc2CN2CC(C)OC(C)C2)cc1OC. The second-order valence-corrected chi connectivity index (χ2v) is 7.77. The van der Waals surface area contributed by atoms with Crippen molar-refractivity contribution in [1.29, 1.82) is 0 Å². The fourth-order valence-electron chi connectivity index (χ4n) is 3.84. The number of nitrogens with zero attached hydrogens (tertiary/aromatic N) is 1. The van der Waals surface area contributed by atoms with Gasteiger partial charge in [0.2, 0.25) is 5.91 Å². The molecule has 166 valence electrons. The molecular formula is C25H32N2O4. The summed E-state index contributed by atoms with van der Waals surface area (Å²) in [7, 11) is 1.60. The third kappa shape index (κ3) is 6.57. The van der Waals surface area contributed by atoms with Gasteiger partial charge in [0, 0.05) is 31.4 Å². The van der Waals surface area contributed by atoms with Crippen molar-refractivity contribution in [2.24, 2.45) is 0 Å². The second-order valence-electron chi connectivity index (χ2n) is 7.77.